The van der Waals surface area contributed by atoms with E-state index in [1.807, 2.05) is 19.9 Å². The summed E-state index contributed by atoms with van der Waals surface area (Å²) in [6, 6.07) is 13.3. The summed E-state index contributed by atoms with van der Waals surface area (Å²) in [5, 5.41) is 10.8. The second-order valence-corrected chi connectivity index (χ2v) is 10.4. The Morgan fingerprint density at radius 1 is 1.00 bits per heavy atom. The van der Waals surface area contributed by atoms with E-state index in [4.69, 9.17) is 9.47 Å². The number of aliphatic hydroxyl groups is 1. The first-order valence-corrected chi connectivity index (χ1v) is 13.6. The molecular weight excluding hydrogens is 448 g/mol. The first-order chi connectivity index (χ1) is 17.1. The van der Waals surface area contributed by atoms with Crippen LogP contribution in [0.3, 0.4) is 0 Å². The average Bonchev–Trinajstić information content (AvgIpc) is 3.29. The van der Waals surface area contributed by atoms with Crippen LogP contribution in [0.15, 0.2) is 42.5 Å². The first kappa shape index (κ1) is 28.0. The third-order valence-electron chi connectivity index (χ3n) is 8.24. The Hall–Kier alpha value is -2.59. The SMILES string of the molecule is CCC(O)(C=C(C)c1ccc(C(CC)(CC)c2ccc(OC[C@@H]3CCC(=O)O3)c(C)c2)cc1C)CC. The van der Waals surface area contributed by atoms with Gasteiger partial charge in [0, 0.05) is 11.8 Å². The molecule has 4 heteroatoms. The molecule has 0 aromatic heterocycles. The summed E-state index contributed by atoms with van der Waals surface area (Å²) >= 11 is 0. The lowest BCUT2D eigenvalue weighted by Crippen LogP contribution is -2.26. The number of hydrogen-bond acceptors (Lipinski definition) is 4. The molecule has 1 aliphatic rings. The van der Waals surface area contributed by atoms with Gasteiger partial charge in [-0.2, -0.15) is 0 Å². The molecule has 0 unspecified atom stereocenters. The van der Waals surface area contributed by atoms with Crippen molar-refractivity contribution in [1.29, 1.82) is 0 Å². The van der Waals surface area contributed by atoms with Crippen LogP contribution in [-0.4, -0.2) is 29.4 Å². The van der Waals surface area contributed by atoms with E-state index in [2.05, 4.69) is 71.0 Å². The van der Waals surface area contributed by atoms with Crippen LogP contribution >= 0.6 is 0 Å². The van der Waals surface area contributed by atoms with Crippen LogP contribution in [0, 0.1) is 13.8 Å². The van der Waals surface area contributed by atoms with Gasteiger partial charge >= 0.3 is 5.97 Å². The topological polar surface area (TPSA) is 55.8 Å². The van der Waals surface area contributed by atoms with Crippen molar-refractivity contribution in [3.63, 3.8) is 0 Å². The number of esters is 1. The van der Waals surface area contributed by atoms with Crippen molar-refractivity contribution >= 4 is 11.5 Å². The van der Waals surface area contributed by atoms with E-state index < -0.39 is 5.60 Å². The Kier molecular flexibility index (Phi) is 9.05. The lowest BCUT2D eigenvalue weighted by Gasteiger charge is -2.34. The number of carbonyl (C=O) groups is 1. The molecule has 3 rings (SSSR count). The van der Waals surface area contributed by atoms with Gasteiger partial charge in [-0.3, -0.25) is 4.79 Å². The highest BCUT2D eigenvalue weighted by atomic mass is 16.6. The zero-order valence-corrected chi connectivity index (χ0v) is 23.2. The predicted octanol–water partition coefficient (Wildman–Crippen LogP) is 7.45. The summed E-state index contributed by atoms with van der Waals surface area (Å²) in [6.07, 6.45) is 6.47. The van der Waals surface area contributed by atoms with Gasteiger partial charge in [0.15, 0.2) is 0 Å². The molecule has 1 N–H and O–H groups in total. The predicted molar refractivity (Wildman–Crippen MR) is 148 cm³/mol. The standard InChI is InChI=1S/C32H44O4/c1-8-31(34,9-2)20-24(7)28-15-12-25(18-22(28)5)32(10-3,11-4)26-13-16-29(23(6)19-26)35-21-27-14-17-30(33)36-27/h12-13,15-16,18-20,27,34H,8-11,14,17,21H2,1-7H3/t27-/m0/s1. The third kappa shape index (κ3) is 5.86. The second kappa shape index (κ2) is 11.6. The van der Waals surface area contributed by atoms with Crippen LogP contribution in [0.2, 0.25) is 0 Å². The molecule has 1 atom stereocenters. The molecule has 0 amide bonds. The number of allylic oxidation sites excluding steroid dienone is 1. The van der Waals surface area contributed by atoms with Crippen molar-refractivity contribution in [3.8, 4) is 5.75 Å². The smallest absolute Gasteiger partial charge is 0.306 e. The maximum absolute atomic E-state index is 11.4. The Labute approximate surface area is 217 Å². The lowest BCUT2D eigenvalue weighted by molar-refractivity contribution is -0.142. The van der Waals surface area contributed by atoms with Crippen LogP contribution in [-0.2, 0) is 14.9 Å². The highest BCUT2D eigenvalue weighted by Crippen LogP contribution is 2.41. The monoisotopic (exact) mass is 492 g/mol. The Bertz CT molecular complexity index is 1090. The summed E-state index contributed by atoms with van der Waals surface area (Å²) in [4.78, 5) is 11.4. The quantitative estimate of drug-likeness (QED) is 0.331. The van der Waals surface area contributed by atoms with Gasteiger partial charge in [0.1, 0.15) is 18.5 Å². The molecule has 0 aliphatic carbocycles. The van der Waals surface area contributed by atoms with E-state index in [-0.39, 0.29) is 17.5 Å². The van der Waals surface area contributed by atoms with Gasteiger partial charge in [0.2, 0.25) is 0 Å². The van der Waals surface area contributed by atoms with Gasteiger partial charge in [-0.05, 0) is 98.4 Å². The van der Waals surface area contributed by atoms with Crippen LogP contribution < -0.4 is 4.74 Å². The molecule has 0 spiro atoms. The Morgan fingerprint density at radius 2 is 1.61 bits per heavy atom. The van der Waals surface area contributed by atoms with Crippen LogP contribution in [0.4, 0.5) is 0 Å². The summed E-state index contributed by atoms with van der Waals surface area (Å²) in [7, 11) is 0. The molecule has 1 saturated heterocycles. The molecule has 2 aromatic carbocycles. The average molecular weight is 493 g/mol. The van der Waals surface area contributed by atoms with Crippen LogP contribution in [0.5, 0.6) is 5.75 Å². The number of ether oxygens (including phenoxy) is 2. The number of cyclic esters (lactones) is 1. The molecule has 36 heavy (non-hydrogen) atoms. The summed E-state index contributed by atoms with van der Waals surface area (Å²) < 4.78 is 11.3. The Balaban J connectivity index is 1.89. The van der Waals surface area contributed by atoms with Crippen molar-refractivity contribution in [2.45, 2.75) is 104 Å². The summed E-state index contributed by atoms with van der Waals surface area (Å²) in [6.45, 7) is 15.3. The van der Waals surface area contributed by atoms with Crippen molar-refractivity contribution < 1.29 is 19.4 Å². The fourth-order valence-corrected chi connectivity index (χ4v) is 5.56. The van der Waals surface area contributed by atoms with E-state index in [9.17, 15) is 9.90 Å². The number of carbonyl (C=O) groups excluding carboxylic acids is 1. The molecule has 2 aromatic rings. The largest absolute Gasteiger partial charge is 0.489 e. The third-order valence-corrected chi connectivity index (χ3v) is 8.24. The molecule has 0 saturated carbocycles. The number of hydrogen-bond donors (Lipinski definition) is 1. The molecule has 1 fully saturated rings. The minimum atomic E-state index is -0.757. The normalized spacial score (nSPS) is 16.8. The molecule has 0 radical (unpaired) electrons. The summed E-state index contributed by atoms with van der Waals surface area (Å²) in [5.41, 5.74) is 6.37. The zero-order valence-electron chi connectivity index (χ0n) is 23.2. The van der Waals surface area contributed by atoms with Crippen molar-refractivity contribution in [2.75, 3.05) is 6.61 Å². The highest BCUT2D eigenvalue weighted by Gasteiger charge is 2.32. The second-order valence-electron chi connectivity index (χ2n) is 10.4. The van der Waals surface area contributed by atoms with Gasteiger partial charge < -0.3 is 14.6 Å². The first-order valence-electron chi connectivity index (χ1n) is 13.6. The van der Waals surface area contributed by atoms with E-state index >= 15 is 0 Å². The zero-order chi connectivity index (χ0) is 26.5. The molecule has 0 bridgehead atoms. The summed E-state index contributed by atoms with van der Waals surface area (Å²) in [5.74, 6) is 0.708. The van der Waals surface area contributed by atoms with Gasteiger partial charge in [-0.15, -0.1) is 0 Å². The fraction of sp³-hybridized carbons (Fsp3) is 0.531. The maximum atomic E-state index is 11.4. The molecule has 4 nitrogen and oxygen atoms in total. The van der Waals surface area contributed by atoms with Crippen molar-refractivity contribution in [3.05, 3.63) is 70.3 Å². The van der Waals surface area contributed by atoms with Crippen LogP contribution in [0.25, 0.3) is 5.57 Å². The van der Waals surface area contributed by atoms with E-state index in [1.165, 1.54) is 22.3 Å². The van der Waals surface area contributed by atoms with E-state index in [1.54, 1.807) is 0 Å². The Morgan fingerprint density at radius 3 is 2.11 bits per heavy atom. The molecule has 1 aliphatic heterocycles. The fourth-order valence-electron chi connectivity index (χ4n) is 5.56. The van der Waals surface area contributed by atoms with Crippen molar-refractivity contribution in [2.24, 2.45) is 0 Å². The maximum Gasteiger partial charge on any atom is 0.306 e. The van der Waals surface area contributed by atoms with E-state index in [0.29, 0.717) is 25.9 Å². The van der Waals surface area contributed by atoms with Crippen molar-refractivity contribution in [1.82, 2.24) is 0 Å². The van der Waals surface area contributed by atoms with Crippen LogP contribution in [0.1, 0.15) is 101 Å². The minimum Gasteiger partial charge on any atom is -0.489 e. The van der Waals surface area contributed by atoms with E-state index in [0.717, 1.165) is 36.1 Å². The van der Waals surface area contributed by atoms with Gasteiger partial charge in [0.25, 0.3) is 0 Å². The number of aryl methyl sites for hydroxylation is 2. The van der Waals surface area contributed by atoms with Gasteiger partial charge in [0.05, 0.1) is 5.60 Å². The van der Waals surface area contributed by atoms with Gasteiger partial charge in [-0.25, -0.2) is 0 Å². The minimum absolute atomic E-state index is 0.0985. The number of benzene rings is 2. The lowest BCUT2D eigenvalue weighted by atomic mass is 9.69. The van der Waals surface area contributed by atoms with Gasteiger partial charge in [-0.1, -0.05) is 58.0 Å². The number of rotatable bonds is 11. The molecule has 1 heterocycles. The highest BCUT2D eigenvalue weighted by molar-refractivity contribution is 5.71. The molecule has 196 valence electrons. The molecular formula is C32H44O4.